The Morgan fingerprint density at radius 2 is 1.70 bits per heavy atom. The third kappa shape index (κ3) is 3.12. The van der Waals surface area contributed by atoms with Crippen LogP contribution in [0.15, 0.2) is 47.4 Å². The summed E-state index contributed by atoms with van der Waals surface area (Å²) >= 11 is 11.6. The van der Waals surface area contributed by atoms with E-state index in [1.807, 2.05) is 0 Å². The van der Waals surface area contributed by atoms with Gasteiger partial charge in [-0.15, -0.1) is 0 Å². The second-order valence-corrected chi connectivity index (χ2v) is 6.16. The van der Waals surface area contributed by atoms with Crippen molar-refractivity contribution in [3.8, 4) is 5.75 Å². The molecule has 0 saturated carbocycles. The van der Waals surface area contributed by atoms with Gasteiger partial charge in [-0.05, 0) is 24.3 Å². The number of carbonyl (C=O) groups is 1. The molecule has 0 aliphatic rings. The lowest BCUT2D eigenvalue weighted by Crippen LogP contribution is -2.11. The van der Waals surface area contributed by atoms with Crippen molar-refractivity contribution in [2.24, 2.45) is 0 Å². The number of hydrogen-bond donors (Lipinski definition) is 0. The standard InChI is InChI=1S/C13H8Cl2O4S/c14-10-6-9(8-16)13(12(15)7-10)19-20(17,18)11-4-2-1-3-5-11/h1-8H. The lowest BCUT2D eigenvalue weighted by molar-refractivity contribution is 0.112. The van der Waals surface area contributed by atoms with Crippen LogP contribution in [0.3, 0.4) is 0 Å². The number of rotatable bonds is 4. The molecule has 2 rings (SSSR count). The first-order chi connectivity index (χ1) is 9.44. The van der Waals surface area contributed by atoms with Gasteiger partial charge in [-0.2, -0.15) is 8.42 Å². The molecule has 2 aromatic rings. The first-order valence-corrected chi connectivity index (χ1v) is 7.54. The Balaban J connectivity index is 2.48. The summed E-state index contributed by atoms with van der Waals surface area (Å²) in [7, 11) is -4.07. The van der Waals surface area contributed by atoms with Gasteiger partial charge in [-0.1, -0.05) is 41.4 Å². The minimum Gasteiger partial charge on any atom is -0.377 e. The molecule has 4 nitrogen and oxygen atoms in total. The molecule has 0 atom stereocenters. The van der Waals surface area contributed by atoms with Crippen molar-refractivity contribution in [1.29, 1.82) is 0 Å². The lowest BCUT2D eigenvalue weighted by Gasteiger charge is -2.10. The van der Waals surface area contributed by atoms with Gasteiger partial charge in [0.15, 0.2) is 12.0 Å². The van der Waals surface area contributed by atoms with Gasteiger partial charge in [0.1, 0.15) is 4.90 Å². The van der Waals surface area contributed by atoms with E-state index in [0.717, 1.165) is 0 Å². The SMILES string of the molecule is O=Cc1cc(Cl)cc(Cl)c1OS(=O)(=O)c1ccccc1. The Hall–Kier alpha value is -1.56. The number of benzene rings is 2. The van der Waals surface area contributed by atoms with Crippen LogP contribution < -0.4 is 4.18 Å². The molecule has 0 heterocycles. The maximum absolute atomic E-state index is 12.1. The molecule has 0 aliphatic heterocycles. The van der Waals surface area contributed by atoms with Crippen LogP contribution in [0, 0.1) is 0 Å². The third-order valence-corrected chi connectivity index (χ3v) is 4.12. The number of halogens is 2. The zero-order valence-corrected chi connectivity index (χ0v) is 12.2. The summed E-state index contributed by atoms with van der Waals surface area (Å²) in [4.78, 5) is 10.9. The first-order valence-electron chi connectivity index (χ1n) is 5.38. The Morgan fingerprint density at radius 3 is 2.30 bits per heavy atom. The molecule has 0 fully saturated rings. The van der Waals surface area contributed by atoms with Crippen LogP contribution in [0.2, 0.25) is 10.0 Å². The molecule has 0 aliphatic carbocycles. The highest BCUT2D eigenvalue weighted by Gasteiger charge is 2.20. The molecule has 0 unspecified atom stereocenters. The monoisotopic (exact) mass is 330 g/mol. The van der Waals surface area contributed by atoms with E-state index in [9.17, 15) is 13.2 Å². The molecule has 20 heavy (non-hydrogen) atoms. The van der Waals surface area contributed by atoms with Gasteiger partial charge in [0, 0.05) is 5.02 Å². The molecule has 0 bridgehead atoms. The van der Waals surface area contributed by atoms with Crippen LogP contribution in [-0.2, 0) is 10.1 Å². The fourth-order valence-corrected chi connectivity index (χ4v) is 3.09. The van der Waals surface area contributed by atoms with Gasteiger partial charge in [0.05, 0.1) is 10.6 Å². The van der Waals surface area contributed by atoms with E-state index in [-0.39, 0.29) is 26.3 Å². The summed E-state index contributed by atoms with van der Waals surface area (Å²) in [5.74, 6) is -0.241. The average molecular weight is 331 g/mol. The minimum absolute atomic E-state index is 0.0390. The number of hydrogen-bond acceptors (Lipinski definition) is 4. The first kappa shape index (κ1) is 14.8. The zero-order valence-electron chi connectivity index (χ0n) is 9.92. The molecule has 0 N–H and O–H groups in total. The van der Waals surface area contributed by atoms with Crippen LogP contribution in [0.5, 0.6) is 5.75 Å². The fraction of sp³-hybridized carbons (Fsp3) is 0. The predicted octanol–water partition coefficient (Wildman–Crippen LogP) is 3.57. The molecule has 0 amide bonds. The Morgan fingerprint density at radius 1 is 1.05 bits per heavy atom. The van der Waals surface area contributed by atoms with E-state index >= 15 is 0 Å². The molecular formula is C13H8Cl2O4S. The Kier molecular flexibility index (Phi) is 4.32. The van der Waals surface area contributed by atoms with Crippen molar-refractivity contribution in [3.63, 3.8) is 0 Å². The van der Waals surface area contributed by atoms with Crippen LogP contribution in [0.4, 0.5) is 0 Å². The molecular weight excluding hydrogens is 323 g/mol. The van der Waals surface area contributed by atoms with Crippen LogP contribution >= 0.6 is 23.2 Å². The van der Waals surface area contributed by atoms with Gasteiger partial charge in [-0.25, -0.2) is 0 Å². The van der Waals surface area contributed by atoms with Crippen molar-refractivity contribution >= 4 is 39.6 Å². The summed E-state index contributed by atoms with van der Waals surface area (Å²) < 4.78 is 29.1. The van der Waals surface area contributed by atoms with Gasteiger partial charge in [-0.3, -0.25) is 4.79 Å². The van der Waals surface area contributed by atoms with Crippen molar-refractivity contribution < 1.29 is 17.4 Å². The number of carbonyl (C=O) groups excluding carboxylic acids is 1. The summed E-state index contributed by atoms with van der Waals surface area (Å²) in [5.41, 5.74) is -0.0398. The van der Waals surface area contributed by atoms with Crippen molar-refractivity contribution in [2.45, 2.75) is 4.90 Å². The topological polar surface area (TPSA) is 60.4 Å². The van der Waals surface area contributed by atoms with Gasteiger partial charge >= 0.3 is 10.1 Å². The minimum atomic E-state index is -4.07. The maximum atomic E-state index is 12.1. The van der Waals surface area contributed by atoms with Crippen LogP contribution in [-0.4, -0.2) is 14.7 Å². The van der Waals surface area contributed by atoms with E-state index in [4.69, 9.17) is 27.4 Å². The van der Waals surface area contributed by atoms with Crippen LogP contribution in [0.1, 0.15) is 10.4 Å². The highest BCUT2D eigenvalue weighted by atomic mass is 35.5. The third-order valence-electron chi connectivity index (χ3n) is 2.39. The van der Waals surface area contributed by atoms with Gasteiger partial charge in [0.2, 0.25) is 0 Å². The second kappa shape index (κ2) is 5.83. The average Bonchev–Trinajstić information content (AvgIpc) is 2.42. The predicted molar refractivity (Wildman–Crippen MR) is 76.1 cm³/mol. The van der Waals surface area contributed by atoms with Crippen molar-refractivity contribution in [3.05, 3.63) is 58.1 Å². The smallest absolute Gasteiger partial charge is 0.339 e. The van der Waals surface area contributed by atoms with Crippen molar-refractivity contribution in [1.82, 2.24) is 0 Å². The molecule has 7 heteroatoms. The van der Waals surface area contributed by atoms with E-state index in [2.05, 4.69) is 0 Å². The Labute approximate surface area is 126 Å². The summed E-state index contributed by atoms with van der Waals surface area (Å²) in [6.45, 7) is 0. The highest BCUT2D eigenvalue weighted by Crippen LogP contribution is 2.33. The second-order valence-electron chi connectivity index (χ2n) is 3.77. The fourth-order valence-electron chi connectivity index (χ4n) is 1.50. The quantitative estimate of drug-likeness (QED) is 0.635. The largest absolute Gasteiger partial charge is 0.377 e. The summed E-state index contributed by atoms with van der Waals surface area (Å²) in [6, 6.07) is 10.1. The maximum Gasteiger partial charge on any atom is 0.339 e. The molecule has 2 aromatic carbocycles. The molecule has 0 saturated heterocycles. The Bertz CT molecular complexity index is 742. The van der Waals surface area contributed by atoms with Crippen LogP contribution in [0.25, 0.3) is 0 Å². The van der Waals surface area contributed by atoms with E-state index < -0.39 is 10.1 Å². The summed E-state index contributed by atoms with van der Waals surface area (Å²) in [5, 5.41) is 0.153. The highest BCUT2D eigenvalue weighted by molar-refractivity contribution is 7.87. The van der Waals surface area contributed by atoms with Crippen molar-refractivity contribution in [2.75, 3.05) is 0 Å². The summed E-state index contributed by atoms with van der Waals surface area (Å²) in [6.07, 6.45) is 0.424. The molecule has 104 valence electrons. The molecule has 0 radical (unpaired) electrons. The molecule has 0 spiro atoms. The lowest BCUT2D eigenvalue weighted by atomic mass is 10.2. The number of aldehydes is 1. The van der Waals surface area contributed by atoms with E-state index in [1.165, 1.54) is 24.3 Å². The van der Waals surface area contributed by atoms with Gasteiger partial charge < -0.3 is 4.18 Å². The normalized spacial score (nSPS) is 11.1. The van der Waals surface area contributed by atoms with E-state index in [0.29, 0.717) is 6.29 Å². The van der Waals surface area contributed by atoms with E-state index in [1.54, 1.807) is 18.2 Å². The molecule has 0 aromatic heterocycles. The van der Waals surface area contributed by atoms with Gasteiger partial charge in [0.25, 0.3) is 0 Å². The zero-order chi connectivity index (χ0) is 14.8.